The number of nitrogens with zero attached hydrogens (tertiary/aromatic N) is 2. The molecule has 0 aliphatic heterocycles. The summed E-state index contributed by atoms with van der Waals surface area (Å²) in [6, 6.07) is 4.11. The van der Waals surface area contributed by atoms with Gasteiger partial charge in [-0.25, -0.2) is 9.55 Å². The highest BCUT2D eigenvalue weighted by Gasteiger charge is 2.30. The molecular formula is C20H28BrN3OS. The summed E-state index contributed by atoms with van der Waals surface area (Å²) < 4.78 is 2.04. The highest BCUT2D eigenvalue weighted by atomic mass is 79.9. The van der Waals surface area contributed by atoms with Crippen LogP contribution in [0.2, 0.25) is 0 Å². The number of nitrogens with one attached hydrogen (secondary N) is 1. The number of hydrogen-bond donors (Lipinski definition) is 1. The summed E-state index contributed by atoms with van der Waals surface area (Å²) >= 11 is 1.66. The van der Waals surface area contributed by atoms with Crippen LogP contribution in [0.1, 0.15) is 49.7 Å². The highest BCUT2D eigenvalue weighted by molar-refractivity contribution is 7.15. The smallest absolute Gasteiger partial charge is 0.232 e. The third-order valence-corrected chi connectivity index (χ3v) is 6.10. The van der Waals surface area contributed by atoms with E-state index in [1.807, 2.05) is 17.0 Å². The number of anilines is 1. The molecule has 1 aliphatic carbocycles. The second-order valence-electron chi connectivity index (χ2n) is 8.11. The maximum absolute atomic E-state index is 12.2. The minimum atomic E-state index is 0. The molecule has 2 aromatic heterocycles. The minimum absolute atomic E-state index is 0. The molecule has 1 aliphatic rings. The molecule has 1 N–H and O–H groups in total. The van der Waals surface area contributed by atoms with Gasteiger partial charge in [-0.1, -0.05) is 20.8 Å². The van der Waals surface area contributed by atoms with Crippen LogP contribution in [0.5, 0.6) is 0 Å². The van der Waals surface area contributed by atoms with Crippen molar-refractivity contribution in [3.63, 3.8) is 0 Å². The fourth-order valence-electron chi connectivity index (χ4n) is 3.26. The van der Waals surface area contributed by atoms with Crippen LogP contribution >= 0.6 is 11.3 Å². The Morgan fingerprint density at radius 2 is 2.04 bits per heavy atom. The first kappa shape index (κ1) is 21.0. The van der Waals surface area contributed by atoms with Gasteiger partial charge in [-0.2, -0.15) is 0 Å². The summed E-state index contributed by atoms with van der Waals surface area (Å²) in [6.45, 7) is 9.69. The quantitative estimate of drug-likeness (QED) is 0.722. The number of aromatic nitrogens is 2. The van der Waals surface area contributed by atoms with E-state index in [9.17, 15) is 4.79 Å². The number of halogens is 1. The first-order chi connectivity index (χ1) is 11.8. The molecule has 0 saturated heterocycles. The van der Waals surface area contributed by atoms with Crippen LogP contribution in [0.25, 0.3) is 0 Å². The van der Waals surface area contributed by atoms with E-state index in [4.69, 9.17) is 0 Å². The monoisotopic (exact) mass is 437 g/mol. The number of thiazole rings is 1. The molecule has 0 spiro atoms. The molecule has 0 saturated carbocycles. The first-order valence-corrected chi connectivity index (χ1v) is 9.87. The Kier molecular flexibility index (Phi) is 6.97. The van der Waals surface area contributed by atoms with Crippen molar-refractivity contribution in [1.82, 2.24) is 4.98 Å². The minimum Gasteiger partial charge on any atom is -1.00 e. The molecule has 4 nitrogen and oxygen atoms in total. The Labute approximate surface area is 170 Å². The van der Waals surface area contributed by atoms with Gasteiger partial charge in [0, 0.05) is 17.0 Å². The predicted molar refractivity (Wildman–Crippen MR) is 102 cm³/mol. The lowest BCUT2D eigenvalue weighted by Gasteiger charge is -2.33. The lowest BCUT2D eigenvalue weighted by molar-refractivity contribution is -0.695. The Balaban J connectivity index is 0.00000243. The molecule has 0 radical (unpaired) electrons. The van der Waals surface area contributed by atoms with E-state index in [1.165, 1.54) is 22.6 Å². The largest absolute Gasteiger partial charge is 1.00 e. The standard InChI is InChI=1S/C20H27N3OS.BrH/c1-14-7-10-23(11-8-14)12-9-18(24)22-19-21-16-6-5-15(20(2,3)4)13-17(16)25-19;/h7-8,10-11,15H,5-6,9,12-13H2,1-4H3;1H. The van der Waals surface area contributed by atoms with Gasteiger partial charge in [0.05, 0.1) is 12.1 Å². The Morgan fingerprint density at radius 3 is 2.69 bits per heavy atom. The van der Waals surface area contributed by atoms with Gasteiger partial charge in [-0.15, -0.1) is 11.3 Å². The molecule has 142 valence electrons. The third-order valence-electron chi connectivity index (χ3n) is 5.07. The van der Waals surface area contributed by atoms with E-state index in [1.54, 1.807) is 11.3 Å². The molecule has 1 unspecified atom stereocenters. The van der Waals surface area contributed by atoms with Crippen molar-refractivity contribution in [3.8, 4) is 0 Å². The van der Waals surface area contributed by atoms with Crippen LogP contribution in [0, 0.1) is 18.3 Å². The van der Waals surface area contributed by atoms with Crippen molar-refractivity contribution in [2.24, 2.45) is 11.3 Å². The van der Waals surface area contributed by atoms with Gasteiger partial charge in [-0.3, -0.25) is 4.79 Å². The van der Waals surface area contributed by atoms with Crippen LogP contribution in [0.4, 0.5) is 5.13 Å². The summed E-state index contributed by atoms with van der Waals surface area (Å²) in [5.74, 6) is 0.730. The van der Waals surface area contributed by atoms with Gasteiger partial charge < -0.3 is 22.3 Å². The zero-order valence-corrected chi connectivity index (χ0v) is 18.4. The average molecular weight is 438 g/mol. The molecule has 0 bridgehead atoms. The van der Waals surface area contributed by atoms with E-state index in [0.29, 0.717) is 24.3 Å². The maximum Gasteiger partial charge on any atom is 0.232 e. The van der Waals surface area contributed by atoms with Crippen molar-refractivity contribution in [2.75, 3.05) is 5.32 Å². The van der Waals surface area contributed by atoms with Crippen molar-refractivity contribution in [3.05, 3.63) is 40.7 Å². The molecule has 0 fully saturated rings. The Morgan fingerprint density at radius 1 is 1.35 bits per heavy atom. The molecular weight excluding hydrogens is 410 g/mol. The Hall–Kier alpha value is -1.27. The van der Waals surface area contributed by atoms with E-state index in [0.717, 1.165) is 18.0 Å². The van der Waals surface area contributed by atoms with Gasteiger partial charge >= 0.3 is 0 Å². The molecule has 3 rings (SSSR count). The number of carbonyl (C=O) groups excluding carboxylic acids is 1. The summed E-state index contributed by atoms with van der Waals surface area (Å²) in [4.78, 5) is 18.2. The van der Waals surface area contributed by atoms with Crippen molar-refractivity contribution in [1.29, 1.82) is 0 Å². The average Bonchev–Trinajstić information content (AvgIpc) is 2.94. The lowest BCUT2D eigenvalue weighted by Crippen LogP contribution is -3.00. The molecule has 26 heavy (non-hydrogen) atoms. The van der Waals surface area contributed by atoms with Gasteiger partial charge in [0.15, 0.2) is 24.1 Å². The van der Waals surface area contributed by atoms with Crippen LogP contribution in [-0.4, -0.2) is 10.9 Å². The number of rotatable bonds is 4. The normalized spacial score (nSPS) is 16.5. The molecule has 1 atom stereocenters. The Bertz CT molecular complexity index is 749. The van der Waals surface area contributed by atoms with Gasteiger partial charge in [0.1, 0.15) is 0 Å². The topological polar surface area (TPSA) is 45.9 Å². The summed E-state index contributed by atoms with van der Waals surface area (Å²) in [6.07, 6.45) is 7.80. The van der Waals surface area contributed by atoms with Crippen LogP contribution in [-0.2, 0) is 24.2 Å². The van der Waals surface area contributed by atoms with Crippen molar-refractivity contribution < 1.29 is 26.3 Å². The molecule has 2 aromatic rings. The zero-order chi connectivity index (χ0) is 18.0. The second-order valence-corrected chi connectivity index (χ2v) is 9.19. The molecule has 1 amide bonds. The number of fused-ring (bicyclic) bond motifs is 1. The number of hydrogen-bond acceptors (Lipinski definition) is 3. The van der Waals surface area contributed by atoms with Gasteiger partial charge in [0.2, 0.25) is 5.91 Å². The summed E-state index contributed by atoms with van der Waals surface area (Å²) in [5.41, 5.74) is 2.74. The summed E-state index contributed by atoms with van der Waals surface area (Å²) in [5, 5.41) is 3.75. The van der Waals surface area contributed by atoms with E-state index < -0.39 is 0 Å². The van der Waals surface area contributed by atoms with Crippen LogP contribution in [0.15, 0.2) is 24.5 Å². The van der Waals surface area contributed by atoms with Crippen molar-refractivity contribution >= 4 is 22.4 Å². The molecule has 2 heterocycles. The zero-order valence-electron chi connectivity index (χ0n) is 16.0. The number of amides is 1. The van der Waals surface area contributed by atoms with Gasteiger partial charge in [-0.05, 0) is 43.1 Å². The first-order valence-electron chi connectivity index (χ1n) is 9.05. The molecule has 0 aromatic carbocycles. The summed E-state index contributed by atoms with van der Waals surface area (Å²) in [7, 11) is 0. The number of pyridine rings is 1. The predicted octanol–water partition coefficient (Wildman–Crippen LogP) is 0.923. The fraction of sp³-hybridized carbons (Fsp3) is 0.550. The van der Waals surface area contributed by atoms with Crippen molar-refractivity contribution in [2.45, 2.75) is 59.9 Å². The molecule has 6 heteroatoms. The number of carbonyl (C=O) groups is 1. The highest BCUT2D eigenvalue weighted by Crippen LogP contribution is 2.40. The second kappa shape index (κ2) is 8.61. The SMILES string of the molecule is Cc1cc[n+](CCC(=O)Nc2nc3c(s2)CC(C(C)(C)C)CC3)cc1.[Br-]. The van der Waals surface area contributed by atoms with E-state index in [-0.39, 0.29) is 22.9 Å². The number of aryl methyl sites for hydroxylation is 3. The fourth-order valence-corrected chi connectivity index (χ4v) is 4.37. The van der Waals surface area contributed by atoms with Gasteiger partial charge in [0.25, 0.3) is 0 Å². The van der Waals surface area contributed by atoms with Crippen LogP contribution in [0.3, 0.4) is 0 Å². The van der Waals surface area contributed by atoms with E-state index in [2.05, 4.69) is 50.1 Å². The van der Waals surface area contributed by atoms with Crippen LogP contribution < -0.4 is 26.9 Å². The third kappa shape index (κ3) is 5.36. The van der Waals surface area contributed by atoms with E-state index >= 15 is 0 Å². The maximum atomic E-state index is 12.2. The lowest BCUT2D eigenvalue weighted by atomic mass is 9.73.